The molecule has 0 unspecified atom stereocenters. The van der Waals surface area contributed by atoms with E-state index in [0.29, 0.717) is 16.7 Å². The Labute approximate surface area is 154 Å². The number of nitrogens with one attached hydrogen (secondary N) is 1. The zero-order chi connectivity index (χ0) is 17.3. The van der Waals surface area contributed by atoms with Gasteiger partial charge in [0.25, 0.3) is 0 Å². The lowest BCUT2D eigenvalue weighted by atomic mass is 9.92. The average molecular weight is 376 g/mol. The number of rotatable bonds is 4. The molecule has 1 saturated carbocycles. The van der Waals surface area contributed by atoms with Crippen LogP contribution in [0.5, 0.6) is 11.5 Å². The van der Waals surface area contributed by atoms with Crippen molar-refractivity contribution in [3.63, 3.8) is 0 Å². The molecule has 0 spiro atoms. The molecule has 130 valence electrons. The van der Waals surface area contributed by atoms with E-state index < -0.39 is 5.72 Å². The van der Waals surface area contributed by atoms with E-state index >= 15 is 0 Å². The first-order chi connectivity index (χ1) is 12.1. The summed E-state index contributed by atoms with van der Waals surface area (Å²) in [7, 11) is 0. The highest BCUT2D eigenvalue weighted by Crippen LogP contribution is 2.35. The maximum absolute atomic E-state index is 10.6. The molecule has 4 rings (SSSR count). The molecular weight excluding hydrogens is 358 g/mol. The lowest BCUT2D eigenvalue weighted by Crippen LogP contribution is -2.39. The van der Waals surface area contributed by atoms with Crippen LogP contribution in [0.4, 0.5) is 5.13 Å². The Hall–Kier alpha value is -1.89. The molecule has 1 fully saturated rings. The van der Waals surface area contributed by atoms with Gasteiger partial charge >= 0.3 is 0 Å². The summed E-state index contributed by atoms with van der Waals surface area (Å²) in [6.45, 7) is 0. The Morgan fingerprint density at radius 2 is 1.92 bits per heavy atom. The van der Waals surface area contributed by atoms with Crippen molar-refractivity contribution in [3.05, 3.63) is 41.7 Å². The van der Waals surface area contributed by atoms with E-state index in [9.17, 15) is 5.11 Å². The van der Waals surface area contributed by atoms with E-state index in [1.807, 2.05) is 18.2 Å². The van der Waals surface area contributed by atoms with Crippen LogP contribution >= 0.6 is 22.9 Å². The molecule has 1 aliphatic rings. The summed E-state index contributed by atoms with van der Waals surface area (Å²) in [5.74, 6) is 1.35. The van der Waals surface area contributed by atoms with E-state index in [1.54, 1.807) is 18.3 Å². The number of nitrogens with zero attached hydrogens (tertiary/aromatic N) is 2. The topological polar surface area (TPSA) is 67.3 Å². The molecule has 3 aromatic rings. The second-order valence-electron chi connectivity index (χ2n) is 6.28. The van der Waals surface area contributed by atoms with Crippen LogP contribution in [0.2, 0.25) is 5.15 Å². The monoisotopic (exact) mass is 375 g/mol. The molecule has 2 aromatic heterocycles. The normalized spacial score (nSPS) is 16.7. The second kappa shape index (κ2) is 6.78. The van der Waals surface area contributed by atoms with Crippen LogP contribution in [0.25, 0.3) is 10.2 Å². The van der Waals surface area contributed by atoms with Gasteiger partial charge in [0.2, 0.25) is 0 Å². The number of thiazole rings is 1. The molecule has 0 bridgehead atoms. The third-order valence-electron chi connectivity index (χ3n) is 4.31. The summed E-state index contributed by atoms with van der Waals surface area (Å²) in [5.41, 5.74) is 0.0474. The number of aliphatic hydroxyl groups is 1. The smallest absolute Gasteiger partial charge is 0.186 e. The molecule has 0 aliphatic heterocycles. The Morgan fingerprint density at radius 1 is 1.12 bits per heavy atom. The molecule has 0 amide bonds. The van der Waals surface area contributed by atoms with E-state index in [1.165, 1.54) is 17.8 Å². The van der Waals surface area contributed by atoms with Crippen LogP contribution in [0.3, 0.4) is 0 Å². The van der Waals surface area contributed by atoms with Crippen LogP contribution in [-0.2, 0) is 0 Å². The van der Waals surface area contributed by atoms with Crippen molar-refractivity contribution >= 4 is 38.3 Å². The summed E-state index contributed by atoms with van der Waals surface area (Å²) in [6, 6.07) is 9.16. The largest absolute Gasteiger partial charge is 0.457 e. The number of anilines is 1. The number of fused-ring (bicyclic) bond motifs is 1. The molecule has 1 aliphatic carbocycles. The minimum Gasteiger partial charge on any atom is -0.457 e. The average Bonchev–Trinajstić information content (AvgIpc) is 2.96. The standard InChI is InChI=1S/C18H18ClN3O2S/c19-16-11-13(6-9-20-16)24-12-4-5-14-15(10-12)25-17(21-14)22-18(23)7-2-1-3-8-18/h4-6,9-11,23H,1-3,7-8H2,(H,21,22). The number of aromatic nitrogens is 2. The number of benzene rings is 1. The Balaban J connectivity index is 1.54. The van der Waals surface area contributed by atoms with Crippen LogP contribution in [0.1, 0.15) is 32.1 Å². The van der Waals surface area contributed by atoms with Gasteiger partial charge in [-0.1, -0.05) is 29.4 Å². The number of hydrogen-bond donors (Lipinski definition) is 2. The molecule has 2 N–H and O–H groups in total. The highest BCUT2D eigenvalue weighted by atomic mass is 35.5. The summed E-state index contributed by atoms with van der Waals surface area (Å²) < 4.78 is 6.83. The molecule has 7 heteroatoms. The van der Waals surface area contributed by atoms with Gasteiger partial charge in [-0.2, -0.15) is 0 Å². The van der Waals surface area contributed by atoms with Crippen LogP contribution in [0.15, 0.2) is 36.5 Å². The van der Waals surface area contributed by atoms with Crippen LogP contribution < -0.4 is 10.1 Å². The fraction of sp³-hybridized carbons (Fsp3) is 0.333. The maximum atomic E-state index is 10.6. The lowest BCUT2D eigenvalue weighted by Gasteiger charge is -2.32. The van der Waals surface area contributed by atoms with Crippen molar-refractivity contribution < 1.29 is 9.84 Å². The first kappa shape index (κ1) is 16.6. The summed E-state index contributed by atoms with van der Waals surface area (Å²) in [6.07, 6.45) is 6.40. The Morgan fingerprint density at radius 3 is 2.72 bits per heavy atom. The summed E-state index contributed by atoms with van der Waals surface area (Å²) >= 11 is 7.40. The van der Waals surface area contributed by atoms with Gasteiger partial charge in [0.1, 0.15) is 22.4 Å². The first-order valence-electron chi connectivity index (χ1n) is 8.30. The van der Waals surface area contributed by atoms with Crippen molar-refractivity contribution in [1.82, 2.24) is 9.97 Å². The van der Waals surface area contributed by atoms with Gasteiger partial charge in [-0.3, -0.25) is 0 Å². The lowest BCUT2D eigenvalue weighted by molar-refractivity contribution is 0.0317. The van der Waals surface area contributed by atoms with E-state index in [4.69, 9.17) is 16.3 Å². The number of hydrogen-bond acceptors (Lipinski definition) is 6. The highest BCUT2D eigenvalue weighted by Gasteiger charge is 2.29. The van der Waals surface area contributed by atoms with Gasteiger partial charge < -0.3 is 15.2 Å². The molecular formula is C18H18ClN3O2S. The van der Waals surface area contributed by atoms with Crippen molar-refractivity contribution in [2.24, 2.45) is 0 Å². The molecule has 0 saturated heterocycles. The third-order valence-corrected chi connectivity index (χ3v) is 5.45. The SMILES string of the molecule is OC1(Nc2nc3ccc(Oc4ccnc(Cl)c4)cc3s2)CCCCC1. The van der Waals surface area contributed by atoms with E-state index in [-0.39, 0.29) is 0 Å². The quantitative estimate of drug-likeness (QED) is 0.484. The second-order valence-corrected chi connectivity index (χ2v) is 7.70. The van der Waals surface area contributed by atoms with E-state index in [2.05, 4.69) is 15.3 Å². The van der Waals surface area contributed by atoms with Gasteiger partial charge in [-0.25, -0.2) is 9.97 Å². The summed E-state index contributed by atoms with van der Waals surface area (Å²) in [5, 5.41) is 15.0. The maximum Gasteiger partial charge on any atom is 0.186 e. The van der Waals surface area contributed by atoms with Gasteiger partial charge in [0.05, 0.1) is 10.2 Å². The van der Waals surface area contributed by atoms with Gasteiger partial charge in [0, 0.05) is 18.3 Å². The van der Waals surface area contributed by atoms with E-state index in [0.717, 1.165) is 41.0 Å². The van der Waals surface area contributed by atoms with Gasteiger partial charge in [-0.05, 0) is 43.9 Å². The van der Waals surface area contributed by atoms with Crippen molar-refractivity contribution in [1.29, 1.82) is 0 Å². The summed E-state index contributed by atoms with van der Waals surface area (Å²) in [4.78, 5) is 8.52. The zero-order valence-corrected chi connectivity index (χ0v) is 15.1. The molecule has 0 atom stereocenters. The predicted molar refractivity (Wildman–Crippen MR) is 101 cm³/mol. The first-order valence-corrected chi connectivity index (χ1v) is 9.50. The molecule has 5 nitrogen and oxygen atoms in total. The Bertz CT molecular complexity index is 893. The predicted octanol–water partition coefficient (Wildman–Crippen LogP) is 5.20. The van der Waals surface area contributed by atoms with Crippen molar-refractivity contribution in [3.8, 4) is 11.5 Å². The fourth-order valence-corrected chi connectivity index (χ4v) is 4.22. The minimum absolute atomic E-state index is 0.392. The molecule has 0 radical (unpaired) electrons. The van der Waals surface area contributed by atoms with Crippen molar-refractivity contribution in [2.45, 2.75) is 37.8 Å². The number of halogens is 1. The number of ether oxygens (including phenoxy) is 1. The fourth-order valence-electron chi connectivity index (χ4n) is 3.07. The molecule has 2 heterocycles. The molecule has 25 heavy (non-hydrogen) atoms. The zero-order valence-electron chi connectivity index (χ0n) is 13.5. The highest BCUT2D eigenvalue weighted by molar-refractivity contribution is 7.22. The number of pyridine rings is 1. The van der Waals surface area contributed by atoms with Crippen LogP contribution in [-0.4, -0.2) is 20.8 Å². The third kappa shape index (κ3) is 3.86. The van der Waals surface area contributed by atoms with Crippen molar-refractivity contribution in [2.75, 3.05) is 5.32 Å². The van der Waals surface area contributed by atoms with Gasteiger partial charge in [0.15, 0.2) is 5.13 Å². The molecule has 1 aromatic carbocycles. The minimum atomic E-state index is -0.834. The van der Waals surface area contributed by atoms with Crippen LogP contribution in [0, 0.1) is 0 Å². The Kier molecular flexibility index (Phi) is 4.50. The van der Waals surface area contributed by atoms with Gasteiger partial charge in [-0.15, -0.1) is 0 Å².